The molecular weight excluding hydrogens is 214 g/mol. The largest absolute Gasteiger partial charge is 0.320 e. The van der Waals surface area contributed by atoms with Crippen molar-refractivity contribution in [3.05, 3.63) is 0 Å². The third-order valence-corrected chi connectivity index (χ3v) is 3.07. The summed E-state index contributed by atoms with van der Waals surface area (Å²) in [5, 5.41) is 6.39. The van der Waals surface area contributed by atoms with Crippen LogP contribution in [0.1, 0.15) is 39.0 Å². The zero-order chi connectivity index (χ0) is 12.9. The van der Waals surface area contributed by atoms with Crippen molar-refractivity contribution >= 4 is 0 Å². The predicted molar refractivity (Wildman–Crippen MR) is 76.2 cm³/mol. The van der Waals surface area contributed by atoms with Crippen molar-refractivity contribution in [3.63, 3.8) is 0 Å². The lowest BCUT2D eigenvalue weighted by atomic mass is 10.2. The van der Waals surface area contributed by atoms with E-state index >= 15 is 0 Å². The van der Waals surface area contributed by atoms with Gasteiger partial charge in [-0.1, -0.05) is 19.8 Å². The molecule has 0 spiro atoms. The first-order valence-electron chi connectivity index (χ1n) is 7.05. The Bertz CT molecular complexity index is 142. The third-order valence-electron chi connectivity index (χ3n) is 3.07. The van der Waals surface area contributed by atoms with Gasteiger partial charge in [0.05, 0.1) is 6.17 Å². The highest BCUT2D eigenvalue weighted by Gasteiger charge is 2.12. The fourth-order valence-electron chi connectivity index (χ4n) is 1.96. The van der Waals surface area contributed by atoms with Crippen molar-refractivity contribution in [2.24, 2.45) is 5.73 Å². The topological polar surface area (TPSA) is 53.3 Å². The maximum absolute atomic E-state index is 6.25. The maximum Gasteiger partial charge on any atom is 0.0571 e. The quantitative estimate of drug-likeness (QED) is 0.273. The zero-order valence-electron chi connectivity index (χ0n) is 12.0. The fourth-order valence-corrected chi connectivity index (χ4v) is 1.96. The van der Waals surface area contributed by atoms with Gasteiger partial charge >= 0.3 is 0 Å². The van der Waals surface area contributed by atoms with E-state index in [1.165, 1.54) is 25.7 Å². The van der Waals surface area contributed by atoms with E-state index < -0.39 is 0 Å². The van der Waals surface area contributed by atoms with Crippen molar-refractivity contribution in [1.82, 2.24) is 15.5 Å². The Morgan fingerprint density at radius 3 is 1.94 bits per heavy atom. The van der Waals surface area contributed by atoms with Crippen LogP contribution in [0.3, 0.4) is 0 Å². The Hall–Kier alpha value is -0.160. The summed E-state index contributed by atoms with van der Waals surface area (Å²) in [6.45, 7) is 6.58. The van der Waals surface area contributed by atoms with Gasteiger partial charge in [0.1, 0.15) is 0 Å². The SMILES string of the molecule is CCCCC(N)N(CCC[15NH]C)CCC[15NH]C. The van der Waals surface area contributed by atoms with Crippen LogP contribution in [0.2, 0.25) is 0 Å². The Kier molecular flexibility index (Phi) is 12.2. The second-order valence-corrected chi connectivity index (χ2v) is 4.66. The van der Waals surface area contributed by atoms with Crippen LogP contribution >= 0.6 is 0 Å². The lowest BCUT2D eigenvalue weighted by Crippen LogP contribution is -2.44. The van der Waals surface area contributed by atoms with Crippen LogP contribution in [0, 0.1) is 0 Å². The monoisotopic (exact) mass is 246 g/mol. The van der Waals surface area contributed by atoms with E-state index in [1.54, 1.807) is 0 Å². The van der Waals surface area contributed by atoms with Crippen molar-refractivity contribution in [3.8, 4) is 0 Å². The molecule has 4 nitrogen and oxygen atoms in total. The number of nitrogens with one attached hydrogen (secondary N) is 2. The second-order valence-electron chi connectivity index (χ2n) is 4.66. The highest BCUT2D eigenvalue weighted by atomic mass is 15.6. The number of hydrogen-bond donors (Lipinski definition) is 3. The molecule has 0 saturated heterocycles. The van der Waals surface area contributed by atoms with E-state index in [-0.39, 0.29) is 6.17 Å². The minimum atomic E-state index is 0.240. The van der Waals surface area contributed by atoms with E-state index in [2.05, 4.69) is 22.5 Å². The van der Waals surface area contributed by atoms with Gasteiger partial charge in [0.2, 0.25) is 0 Å². The second kappa shape index (κ2) is 12.3. The lowest BCUT2D eigenvalue weighted by molar-refractivity contribution is 0.183. The van der Waals surface area contributed by atoms with Gasteiger partial charge in [0.15, 0.2) is 0 Å². The van der Waals surface area contributed by atoms with Crippen LogP contribution in [-0.4, -0.2) is 51.3 Å². The Labute approximate surface area is 107 Å². The van der Waals surface area contributed by atoms with Crippen LogP contribution in [-0.2, 0) is 0 Å². The average molecular weight is 246 g/mol. The Morgan fingerprint density at radius 1 is 1.00 bits per heavy atom. The predicted octanol–water partition coefficient (Wildman–Crippen LogP) is 0.982. The van der Waals surface area contributed by atoms with Crippen LogP contribution < -0.4 is 16.4 Å². The molecule has 4 heteroatoms. The molecule has 0 aromatic carbocycles. The van der Waals surface area contributed by atoms with E-state index in [1.807, 2.05) is 14.1 Å². The van der Waals surface area contributed by atoms with Gasteiger partial charge in [-0.25, -0.2) is 0 Å². The first kappa shape index (κ1) is 16.8. The summed E-state index contributed by atoms with van der Waals surface area (Å²) in [6, 6.07) is 0. The van der Waals surface area contributed by atoms with Crippen molar-refractivity contribution in [1.29, 1.82) is 0 Å². The molecule has 0 aliphatic rings. The molecule has 4 N–H and O–H groups in total. The molecule has 0 radical (unpaired) electrons. The van der Waals surface area contributed by atoms with Gasteiger partial charge in [-0.05, 0) is 46.4 Å². The van der Waals surface area contributed by atoms with Gasteiger partial charge in [0, 0.05) is 13.1 Å². The van der Waals surface area contributed by atoms with Gasteiger partial charge in [0.25, 0.3) is 0 Å². The molecule has 0 aromatic heterocycles. The Morgan fingerprint density at radius 2 is 1.53 bits per heavy atom. The average Bonchev–Trinajstić information content (AvgIpc) is 2.34. The molecule has 0 rings (SSSR count). The number of hydrogen-bond acceptors (Lipinski definition) is 4. The molecule has 0 aliphatic heterocycles. The minimum Gasteiger partial charge on any atom is -0.320 e. The first-order chi connectivity index (χ1) is 8.26. The van der Waals surface area contributed by atoms with Gasteiger partial charge < -0.3 is 16.4 Å². The smallest absolute Gasteiger partial charge is 0.0571 e. The molecule has 0 aliphatic carbocycles. The van der Waals surface area contributed by atoms with E-state index in [4.69, 9.17) is 5.73 Å². The molecular formula is C13H32N4. The summed E-state index contributed by atoms with van der Waals surface area (Å²) in [5.41, 5.74) is 6.25. The summed E-state index contributed by atoms with van der Waals surface area (Å²) >= 11 is 0. The number of unbranched alkanes of at least 4 members (excludes halogenated alkanes) is 1. The molecule has 17 heavy (non-hydrogen) atoms. The summed E-state index contributed by atoms with van der Waals surface area (Å²) in [4.78, 5) is 2.43. The standard InChI is InChI=1S/C13H32N4/c1-4-5-8-13(14)17(11-6-9-15-2)12-7-10-16-3/h13,15-16H,4-12,14H2,1-3H3/i15+1,16+1. The van der Waals surface area contributed by atoms with Crippen molar-refractivity contribution < 1.29 is 0 Å². The summed E-state index contributed by atoms with van der Waals surface area (Å²) in [5.74, 6) is 0. The first-order valence-corrected chi connectivity index (χ1v) is 7.05. The Balaban J connectivity index is 3.89. The molecule has 1 atom stereocenters. The summed E-state index contributed by atoms with van der Waals surface area (Å²) in [7, 11) is 4.00. The van der Waals surface area contributed by atoms with Gasteiger partial charge in [-0.15, -0.1) is 0 Å². The van der Waals surface area contributed by atoms with Crippen LogP contribution in [0.25, 0.3) is 0 Å². The van der Waals surface area contributed by atoms with Crippen LogP contribution in [0.4, 0.5) is 0 Å². The third kappa shape index (κ3) is 9.53. The molecule has 0 aromatic rings. The molecule has 0 bridgehead atoms. The van der Waals surface area contributed by atoms with Crippen LogP contribution in [0.5, 0.6) is 0 Å². The zero-order valence-corrected chi connectivity index (χ0v) is 12.0. The number of rotatable bonds is 12. The van der Waals surface area contributed by atoms with E-state index in [0.717, 1.165) is 32.6 Å². The molecule has 0 amide bonds. The lowest BCUT2D eigenvalue weighted by Gasteiger charge is -2.29. The van der Waals surface area contributed by atoms with Crippen molar-refractivity contribution in [2.75, 3.05) is 40.3 Å². The normalized spacial score (nSPS) is 13.2. The van der Waals surface area contributed by atoms with Crippen LogP contribution in [0.15, 0.2) is 0 Å². The molecule has 0 saturated carbocycles. The van der Waals surface area contributed by atoms with Gasteiger partial charge in [-0.2, -0.15) is 0 Å². The molecule has 104 valence electrons. The molecule has 0 fully saturated rings. The highest BCUT2D eigenvalue weighted by Crippen LogP contribution is 2.05. The number of nitrogens with two attached hydrogens (primary N) is 1. The van der Waals surface area contributed by atoms with Gasteiger partial charge in [-0.3, -0.25) is 4.90 Å². The van der Waals surface area contributed by atoms with Crippen molar-refractivity contribution in [2.45, 2.75) is 45.2 Å². The highest BCUT2D eigenvalue weighted by molar-refractivity contribution is 4.67. The molecule has 1 unspecified atom stereocenters. The molecule has 0 heterocycles. The summed E-state index contributed by atoms with van der Waals surface area (Å²) < 4.78 is 0. The minimum absolute atomic E-state index is 0.240. The fraction of sp³-hybridized carbons (Fsp3) is 1.00. The van der Waals surface area contributed by atoms with E-state index in [9.17, 15) is 0 Å². The summed E-state index contributed by atoms with van der Waals surface area (Å²) in [6.07, 6.45) is 6.18. The number of nitrogens with zero attached hydrogens (tertiary/aromatic N) is 1. The van der Waals surface area contributed by atoms with E-state index in [0.29, 0.717) is 0 Å². The maximum atomic E-state index is 6.25.